The lowest BCUT2D eigenvalue weighted by atomic mass is 10.1. The number of hydrogen-bond donors (Lipinski definition) is 1. The third kappa shape index (κ3) is 5.15. The first-order valence-electron chi connectivity index (χ1n) is 9.40. The molecular formula is C22H24ClFN4O. The summed E-state index contributed by atoms with van der Waals surface area (Å²) in [6.07, 6.45) is 3.42. The molecule has 1 amide bonds. The normalized spacial score (nSPS) is 11.0. The lowest BCUT2D eigenvalue weighted by molar-refractivity contribution is 0.0980. The van der Waals surface area contributed by atoms with Gasteiger partial charge in [-0.1, -0.05) is 31.5 Å². The van der Waals surface area contributed by atoms with Gasteiger partial charge < -0.3 is 14.8 Å². The van der Waals surface area contributed by atoms with Gasteiger partial charge >= 0.3 is 0 Å². The van der Waals surface area contributed by atoms with E-state index in [0.717, 1.165) is 17.4 Å². The van der Waals surface area contributed by atoms with Gasteiger partial charge in [0.1, 0.15) is 5.82 Å². The van der Waals surface area contributed by atoms with E-state index in [1.807, 2.05) is 45.2 Å². The van der Waals surface area contributed by atoms with Crippen molar-refractivity contribution in [3.05, 3.63) is 77.1 Å². The van der Waals surface area contributed by atoms with Crippen molar-refractivity contribution in [3.8, 4) is 0 Å². The van der Waals surface area contributed by atoms with Gasteiger partial charge in [-0.15, -0.1) is 0 Å². The van der Waals surface area contributed by atoms with E-state index in [9.17, 15) is 9.18 Å². The average molecular weight is 415 g/mol. The summed E-state index contributed by atoms with van der Waals surface area (Å²) >= 11 is 5.84. The molecule has 7 heteroatoms. The zero-order valence-electron chi connectivity index (χ0n) is 16.7. The second-order valence-corrected chi connectivity index (χ2v) is 7.82. The molecule has 1 aromatic heterocycles. The average Bonchev–Trinajstić information content (AvgIpc) is 3.18. The first-order chi connectivity index (χ1) is 13.8. The monoisotopic (exact) mass is 414 g/mol. The van der Waals surface area contributed by atoms with E-state index in [1.165, 1.54) is 12.1 Å². The Morgan fingerprint density at radius 3 is 2.62 bits per heavy atom. The molecule has 1 heterocycles. The Kier molecular flexibility index (Phi) is 6.54. The molecule has 0 aliphatic carbocycles. The lowest BCUT2D eigenvalue weighted by Crippen LogP contribution is -2.35. The topological polar surface area (TPSA) is 52.2 Å². The number of carbonyl (C=O) groups is 1. The SMILES string of the molecule is CC(C)CN(C(=O)c1ccc(Cl)cc1F)c1cccc(N(C)Cc2cnc[nH]2)c1. The fourth-order valence-corrected chi connectivity index (χ4v) is 3.25. The first kappa shape index (κ1) is 20.9. The van der Waals surface area contributed by atoms with Crippen LogP contribution in [0.2, 0.25) is 5.02 Å². The van der Waals surface area contributed by atoms with Gasteiger partial charge in [-0.25, -0.2) is 9.37 Å². The number of hydrogen-bond acceptors (Lipinski definition) is 3. The largest absolute Gasteiger partial charge is 0.369 e. The molecular weight excluding hydrogens is 391 g/mol. The van der Waals surface area contributed by atoms with Crippen molar-refractivity contribution in [1.82, 2.24) is 9.97 Å². The predicted molar refractivity (Wildman–Crippen MR) is 115 cm³/mol. The Labute approximate surface area is 175 Å². The summed E-state index contributed by atoms with van der Waals surface area (Å²) in [4.78, 5) is 24.0. The molecule has 152 valence electrons. The van der Waals surface area contributed by atoms with Gasteiger partial charge in [0.05, 0.1) is 24.1 Å². The predicted octanol–water partition coefficient (Wildman–Crippen LogP) is 5.14. The van der Waals surface area contributed by atoms with Crippen LogP contribution in [0.25, 0.3) is 0 Å². The summed E-state index contributed by atoms with van der Waals surface area (Å²) < 4.78 is 14.4. The van der Waals surface area contributed by atoms with E-state index in [-0.39, 0.29) is 22.4 Å². The van der Waals surface area contributed by atoms with E-state index in [2.05, 4.69) is 14.9 Å². The van der Waals surface area contributed by atoms with E-state index < -0.39 is 5.82 Å². The molecule has 0 saturated heterocycles. The van der Waals surface area contributed by atoms with Gasteiger partial charge in [-0.2, -0.15) is 0 Å². The molecule has 0 radical (unpaired) electrons. The standard InChI is InChI=1S/C22H24ClFN4O/c1-15(2)12-28(22(29)20-8-7-16(23)9-21(20)24)19-6-4-5-18(10-19)27(3)13-17-11-25-14-26-17/h4-11,14-15H,12-13H2,1-3H3,(H,25,26). The van der Waals surface area contributed by atoms with Crippen molar-refractivity contribution in [2.45, 2.75) is 20.4 Å². The molecule has 0 bridgehead atoms. The Balaban J connectivity index is 1.91. The minimum atomic E-state index is -0.622. The van der Waals surface area contributed by atoms with Crippen molar-refractivity contribution in [1.29, 1.82) is 0 Å². The summed E-state index contributed by atoms with van der Waals surface area (Å²) in [6.45, 7) is 5.15. The number of rotatable bonds is 7. The lowest BCUT2D eigenvalue weighted by Gasteiger charge is -2.27. The number of H-pyrrole nitrogens is 1. The quantitative estimate of drug-likeness (QED) is 0.582. The molecule has 29 heavy (non-hydrogen) atoms. The number of aromatic nitrogens is 2. The number of anilines is 2. The number of benzene rings is 2. The highest BCUT2D eigenvalue weighted by Crippen LogP contribution is 2.26. The van der Waals surface area contributed by atoms with Gasteiger partial charge in [0, 0.05) is 36.2 Å². The molecule has 5 nitrogen and oxygen atoms in total. The smallest absolute Gasteiger partial charge is 0.261 e. The second-order valence-electron chi connectivity index (χ2n) is 7.39. The number of nitrogens with zero attached hydrogens (tertiary/aromatic N) is 3. The summed E-state index contributed by atoms with van der Waals surface area (Å²) in [5, 5.41) is 0.261. The van der Waals surface area contributed by atoms with Crippen molar-refractivity contribution in [2.24, 2.45) is 5.92 Å². The van der Waals surface area contributed by atoms with Crippen LogP contribution in [0, 0.1) is 11.7 Å². The van der Waals surface area contributed by atoms with Crippen molar-refractivity contribution >= 4 is 28.9 Å². The number of imidazole rings is 1. The van der Waals surface area contributed by atoms with Crippen LogP contribution >= 0.6 is 11.6 Å². The molecule has 3 aromatic rings. The van der Waals surface area contributed by atoms with Crippen LogP contribution in [0.4, 0.5) is 15.8 Å². The van der Waals surface area contributed by atoms with Gasteiger partial charge in [-0.3, -0.25) is 4.79 Å². The van der Waals surface area contributed by atoms with Crippen LogP contribution in [0.15, 0.2) is 55.0 Å². The van der Waals surface area contributed by atoms with Gasteiger partial charge in [0.25, 0.3) is 5.91 Å². The maximum Gasteiger partial charge on any atom is 0.261 e. The Morgan fingerprint density at radius 1 is 1.21 bits per heavy atom. The number of aromatic amines is 1. The molecule has 0 aliphatic heterocycles. The molecule has 0 unspecified atom stereocenters. The molecule has 1 N–H and O–H groups in total. The van der Waals surface area contributed by atoms with Crippen LogP contribution in [0.1, 0.15) is 29.9 Å². The molecule has 2 aromatic carbocycles. The maximum absolute atomic E-state index is 14.4. The highest BCUT2D eigenvalue weighted by molar-refractivity contribution is 6.30. The van der Waals surface area contributed by atoms with Gasteiger partial charge in [0.2, 0.25) is 0 Å². The van der Waals surface area contributed by atoms with E-state index in [0.29, 0.717) is 18.8 Å². The zero-order chi connectivity index (χ0) is 21.0. The molecule has 0 atom stereocenters. The van der Waals surface area contributed by atoms with Crippen LogP contribution in [-0.2, 0) is 6.54 Å². The molecule has 0 fully saturated rings. The molecule has 0 saturated carbocycles. The van der Waals surface area contributed by atoms with Crippen LogP contribution < -0.4 is 9.80 Å². The Hall–Kier alpha value is -2.86. The summed E-state index contributed by atoms with van der Waals surface area (Å²) in [6, 6.07) is 11.8. The second kappa shape index (κ2) is 9.09. The molecule has 0 spiro atoms. The van der Waals surface area contributed by atoms with Crippen LogP contribution in [-0.4, -0.2) is 29.5 Å². The van der Waals surface area contributed by atoms with E-state index in [4.69, 9.17) is 11.6 Å². The number of amides is 1. The van der Waals surface area contributed by atoms with Crippen LogP contribution in [0.3, 0.4) is 0 Å². The van der Waals surface area contributed by atoms with Gasteiger partial charge in [-0.05, 0) is 42.3 Å². The summed E-state index contributed by atoms with van der Waals surface area (Å²) in [5.41, 5.74) is 2.64. The minimum absolute atomic E-state index is 0.00580. The molecule has 3 rings (SSSR count). The maximum atomic E-state index is 14.4. The summed E-state index contributed by atoms with van der Waals surface area (Å²) in [7, 11) is 1.97. The summed E-state index contributed by atoms with van der Waals surface area (Å²) in [5.74, 6) is -0.800. The highest BCUT2D eigenvalue weighted by Gasteiger charge is 2.22. The third-order valence-corrected chi connectivity index (χ3v) is 4.73. The number of carbonyl (C=O) groups excluding carboxylic acids is 1. The van der Waals surface area contributed by atoms with E-state index in [1.54, 1.807) is 17.4 Å². The Morgan fingerprint density at radius 2 is 1.97 bits per heavy atom. The van der Waals surface area contributed by atoms with Crippen molar-refractivity contribution < 1.29 is 9.18 Å². The fourth-order valence-electron chi connectivity index (χ4n) is 3.10. The Bertz CT molecular complexity index is 975. The fraction of sp³-hybridized carbons (Fsp3) is 0.273. The number of nitrogens with one attached hydrogen (secondary N) is 1. The number of halogens is 2. The first-order valence-corrected chi connectivity index (χ1v) is 9.78. The van der Waals surface area contributed by atoms with Crippen molar-refractivity contribution in [2.75, 3.05) is 23.4 Å². The van der Waals surface area contributed by atoms with Gasteiger partial charge in [0.15, 0.2) is 0 Å². The highest BCUT2D eigenvalue weighted by atomic mass is 35.5. The molecule has 0 aliphatic rings. The minimum Gasteiger partial charge on any atom is -0.369 e. The van der Waals surface area contributed by atoms with Crippen LogP contribution in [0.5, 0.6) is 0 Å². The third-order valence-electron chi connectivity index (χ3n) is 4.50. The van der Waals surface area contributed by atoms with E-state index >= 15 is 0 Å². The zero-order valence-corrected chi connectivity index (χ0v) is 17.4. The van der Waals surface area contributed by atoms with Crippen molar-refractivity contribution in [3.63, 3.8) is 0 Å².